The maximum absolute atomic E-state index is 12.7. The lowest BCUT2D eigenvalue weighted by atomic mass is 9.96. The number of nitrogens with one attached hydrogen (secondary N) is 1. The molecule has 1 saturated carbocycles. The summed E-state index contributed by atoms with van der Waals surface area (Å²) in [4.78, 5) is 27.5. The second-order valence-corrected chi connectivity index (χ2v) is 8.22. The summed E-state index contributed by atoms with van der Waals surface area (Å²) in [5.41, 5.74) is 1.33. The average molecular weight is 373 g/mol. The zero-order valence-electron chi connectivity index (χ0n) is 16.5. The van der Waals surface area contributed by atoms with E-state index >= 15 is 0 Å². The molecule has 2 aliphatic rings. The van der Waals surface area contributed by atoms with Crippen molar-refractivity contribution in [3.8, 4) is 0 Å². The van der Waals surface area contributed by atoms with E-state index in [4.69, 9.17) is 5.11 Å². The summed E-state index contributed by atoms with van der Waals surface area (Å²) in [7, 11) is 1.51. The maximum Gasteiger partial charge on any atom is 0.407 e. The fraction of sp³-hybridized carbons (Fsp3) is 0.619. The van der Waals surface area contributed by atoms with E-state index in [1.54, 1.807) is 6.92 Å². The van der Waals surface area contributed by atoms with Crippen molar-refractivity contribution in [1.82, 2.24) is 15.1 Å². The average Bonchev–Trinajstić information content (AvgIpc) is 3.21. The lowest BCUT2D eigenvalue weighted by molar-refractivity contribution is -0.127. The summed E-state index contributed by atoms with van der Waals surface area (Å²) in [5.74, 6) is 0.737. The molecule has 1 aromatic carbocycles. The Morgan fingerprint density at radius 3 is 2.59 bits per heavy atom. The molecule has 0 spiro atoms. The lowest BCUT2D eigenvalue weighted by Gasteiger charge is -2.29. The van der Waals surface area contributed by atoms with E-state index in [-0.39, 0.29) is 23.9 Å². The highest BCUT2D eigenvalue weighted by atomic mass is 16.4. The minimum Gasteiger partial charge on any atom is -0.465 e. The largest absolute Gasteiger partial charge is 0.465 e. The van der Waals surface area contributed by atoms with Crippen LogP contribution in [0.5, 0.6) is 0 Å². The monoisotopic (exact) mass is 373 g/mol. The van der Waals surface area contributed by atoms with Gasteiger partial charge in [-0.2, -0.15) is 0 Å². The van der Waals surface area contributed by atoms with Gasteiger partial charge in [-0.05, 0) is 37.2 Å². The number of carbonyl (C=O) groups excluding carboxylic acids is 1. The van der Waals surface area contributed by atoms with Crippen LogP contribution in [0.15, 0.2) is 30.3 Å². The van der Waals surface area contributed by atoms with Crippen LogP contribution in [0.1, 0.15) is 32.3 Å². The minimum atomic E-state index is -1.00. The summed E-state index contributed by atoms with van der Waals surface area (Å²) in [6, 6.07) is 10.4. The molecule has 1 unspecified atom stereocenters. The lowest BCUT2D eigenvalue weighted by Crippen LogP contribution is -2.48. The molecule has 1 aliphatic carbocycles. The number of benzene rings is 1. The van der Waals surface area contributed by atoms with Gasteiger partial charge in [-0.3, -0.25) is 9.69 Å². The van der Waals surface area contributed by atoms with Crippen LogP contribution in [-0.2, 0) is 11.3 Å². The third kappa shape index (κ3) is 4.43. The minimum absolute atomic E-state index is 0.0391. The number of hydrogen-bond acceptors (Lipinski definition) is 3. The number of hydrogen-bond donors (Lipinski definition) is 2. The zero-order chi connectivity index (χ0) is 19.6. The highest BCUT2D eigenvalue weighted by molar-refractivity contribution is 5.80. The van der Waals surface area contributed by atoms with Crippen LogP contribution in [-0.4, -0.2) is 59.1 Å². The molecule has 27 heavy (non-hydrogen) atoms. The molecule has 5 atom stereocenters. The summed E-state index contributed by atoms with van der Waals surface area (Å²) < 4.78 is 0. The SMILES string of the molecule is CC([C@H](C)C(=O)N[C@@H]1CC[C@H]2CN(Cc3ccccc3)C[C@H]21)N(C)C(=O)O. The second-order valence-electron chi connectivity index (χ2n) is 8.22. The van der Waals surface area contributed by atoms with Crippen LogP contribution >= 0.6 is 0 Å². The summed E-state index contributed by atoms with van der Waals surface area (Å²) in [6.07, 6.45) is 1.17. The summed E-state index contributed by atoms with van der Waals surface area (Å²) in [6.45, 7) is 6.67. The molecule has 1 heterocycles. The van der Waals surface area contributed by atoms with Crippen molar-refractivity contribution in [2.24, 2.45) is 17.8 Å². The molecule has 3 rings (SSSR count). The van der Waals surface area contributed by atoms with Gasteiger partial charge in [0.15, 0.2) is 0 Å². The van der Waals surface area contributed by atoms with E-state index in [9.17, 15) is 9.59 Å². The number of rotatable bonds is 6. The Morgan fingerprint density at radius 1 is 1.22 bits per heavy atom. The Balaban J connectivity index is 1.54. The smallest absolute Gasteiger partial charge is 0.407 e. The molecule has 1 aliphatic heterocycles. The van der Waals surface area contributed by atoms with E-state index in [2.05, 4.69) is 34.5 Å². The molecule has 6 heteroatoms. The van der Waals surface area contributed by atoms with Gasteiger partial charge in [0.2, 0.25) is 5.91 Å². The van der Waals surface area contributed by atoms with Crippen LogP contribution in [0.25, 0.3) is 0 Å². The third-order valence-corrected chi connectivity index (χ3v) is 6.56. The molecular formula is C21H31N3O3. The van der Waals surface area contributed by atoms with Gasteiger partial charge in [0.1, 0.15) is 0 Å². The normalized spacial score (nSPS) is 27.0. The van der Waals surface area contributed by atoms with Gasteiger partial charge in [-0.25, -0.2) is 4.79 Å². The van der Waals surface area contributed by atoms with Gasteiger partial charge in [-0.1, -0.05) is 37.3 Å². The standard InChI is InChI=1S/C21H31N3O3/c1-14(15(2)23(3)21(26)27)20(25)22-19-10-9-17-12-24(13-18(17)19)11-16-7-5-4-6-8-16/h4-8,14-15,17-19H,9-13H2,1-3H3,(H,22,25)(H,26,27)/t14-,15?,17-,18+,19+/m0/s1. The van der Waals surface area contributed by atoms with E-state index in [0.29, 0.717) is 11.8 Å². The van der Waals surface area contributed by atoms with Crippen LogP contribution < -0.4 is 5.32 Å². The molecule has 2 amide bonds. The summed E-state index contributed by atoms with van der Waals surface area (Å²) >= 11 is 0. The van der Waals surface area contributed by atoms with Crippen molar-refractivity contribution in [1.29, 1.82) is 0 Å². The molecule has 0 radical (unpaired) electrons. The number of carbonyl (C=O) groups is 2. The van der Waals surface area contributed by atoms with E-state index in [0.717, 1.165) is 32.5 Å². The van der Waals surface area contributed by atoms with Gasteiger partial charge in [-0.15, -0.1) is 0 Å². The fourth-order valence-electron chi connectivity index (χ4n) is 4.55. The van der Waals surface area contributed by atoms with Gasteiger partial charge in [0, 0.05) is 38.8 Å². The van der Waals surface area contributed by atoms with Gasteiger partial charge >= 0.3 is 6.09 Å². The molecule has 2 N–H and O–H groups in total. The van der Waals surface area contributed by atoms with Crippen LogP contribution in [0, 0.1) is 17.8 Å². The van der Waals surface area contributed by atoms with E-state index < -0.39 is 6.09 Å². The van der Waals surface area contributed by atoms with Gasteiger partial charge < -0.3 is 15.3 Å². The molecule has 148 valence electrons. The Morgan fingerprint density at radius 2 is 1.93 bits per heavy atom. The number of nitrogens with zero attached hydrogens (tertiary/aromatic N) is 2. The Kier molecular flexibility index (Phi) is 6.05. The topological polar surface area (TPSA) is 72.9 Å². The first-order valence-corrected chi connectivity index (χ1v) is 9.89. The first-order chi connectivity index (χ1) is 12.9. The quantitative estimate of drug-likeness (QED) is 0.804. The van der Waals surface area contributed by atoms with Crippen LogP contribution in [0.3, 0.4) is 0 Å². The van der Waals surface area contributed by atoms with Crippen LogP contribution in [0.2, 0.25) is 0 Å². The highest BCUT2D eigenvalue weighted by Gasteiger charge is 2.43. The van der Waals surface area contributed by atoms with Crippen molar-refractivity contribution in [2.75, 3.05) is 20.1 Å². The predicted molar refractivity (Wildman–Crippen MR) is 104 cm³/mol. The Bertz CT molecular complexity index is 666. The van der Waals surface area contributed by atoms with E-state index in [1.807, 2.05) is 13.0 Å². The highest BCUT2D eigenvalue weighted by Crippen LogP contribution is 2.38. The number of fused-ring (bicyclic) bond motifs is 1. The molecule has 0 bridgehead atoms. The molecule has 6 nitrogen and oxygen atoms in total. The molecule has 2 fully saturated rings. The van der Waals surface area contributed by atoms with Crippen molar-refractivity contribution in [2.45, 2.75) is 45.3 Å². The van der Waals surface area contributed by atoms with Crippen LogP contribution in [0.4, 0.5) is 4.79 Å². The van der Waals surface area contributed by atoms with Crippen molar-refractivity contribution in [3.63, 3.8) is 0 Å². The molecule has 1 saturated heterocycles. The Hall–Kier alpha value is -2.08. The van der Waals surface area contributed by atoms with Crippen molar-refractivity contribution in [3.05, 3.63) is 35.9 Å². The zero-order valence-corrected chi connectivity index (χ0v) is 16.5. The van der Waals surface area contributed by atoms with E-state index in [1.165, 1.54) is 17.5 Å². The first-order valence-electron chi connectivity index (χ1n) is 9.89. The second kappa shape index (κ2) is 8.30. The molecule has 1 aromatic rings. The molecular weight excluding hydrogens is 342 g/mol. The third-order valence-electron chi connectivity index (χ3n) is 6.56. The molecule has 0 aromatic heterocycles. The number of carboxylic acid groups (broad SMARTS) is 1. The van der Waals surface area contributed by atoms with Crippen molar-refractivity contribution >= 4 is 12.0 Å². The maximum atomic E-state index is 12.7. The number of amides is 2. The van der Waals surface area contributed by atoms with Gasteiger partial charge in [0.25, 0.3) is 0 Å². The fourth-order valence-corrected chi connectivity index (χ4v) is 4.55. The van der Waals surface area contributed by atoms with Gasteiger partial charge in [0.05, 0.1) is 5.92 Å². The van der Waals surface area contributed by atoms with Crippen molar-refractivity contribution < 1.29 is 14.7 Å². The number of likely N-dealkylation sites (tertiary alicyclic amines) is 1. The summed E-state index contributed by atoms with van der Waals surface area (Å²) in [5, 5.41) is 12.4. The predicted octanol–water partition coefficient (Wildman–Crippen LogP) is 2.65. The Labute approximate surface area is 161 Å². The first kappa shape index (κ1) is 19.7.